The van der Waals surface area contributed by atoms with Crippen LogP contribution in [0.2, 0.25) is 0 Å². The molecular formula is C25H24N4O3S. The van der Waals surface area contributed by atoms with Gasteiger partial charge in [0.1, 0.15) is 11.8 Å². The SMILES string of the molecule is COc1ccc(NC(=O)C[C@@H]2C(=O)N(Cc3ccccc3)C(=S)N2Cc2cccnc2)cc1. The highest BCUT2D eigenvalue weighted by molar-refractivity contribution is 7.80. The number of pyridine rings is 1. The molecule has 1 atom stereocenters. The monoisotopic (exact) mass is 460 g/mol. The number of carbonyl (C=O) groups is 2. The van der Waals surface area contributed by atoms with E-state index < -0.39 is 6.04 Å². The van der Waals surface area contributed by atoms with Gasteiger partial charge in [0.05, 0.1) is 20.1 Å². The number of nitrogens with one attached hydrogen (secondary N) is 1. The van der Waals surface area contributed by atoms with Crippen LogP contribution in [0.25, 0.3) is 0 Å². The maximum absolute atomic E-state index is 13.4. The van der Waals surface area contributed by atoms with Gasteiger partial charge in [0.2, 0.25) is 5.91 Å². The van der Waals surface area contributed by atoms with Crippen molar-refractivity contribution in [3.05, 3.63) is 90.3 Å². The lowest BCUT2D eigenvalue weighted by atomic mass is 10.1. The summed E-state index contributed by atoms with van der Waals surface area (Å²) in [5.41, 5.74) is 2.52. The Morgan fingerprint density at radius 1 is 1.03 bits per heavy atom. The van der Waals surface area contributed by atoms with Crippen LogP contribution in [0.4, 0.5) is 5.69 Å². The van der Waals surface area contributed by atoms with Crippen LogP contribution in [-0.2, 0) is 22.7 Å². The lowest BCUT2D eigenvalue weighted by Crippen LogP contribution is -2.37. The molecule has 1 saturated heterocycles. The first-order valence-corrected chi connectivity index (χ1v) is 10.9. The number of hydrogen-bond acceptors (Lipinski definition) is 5. The van der Waals surface area contributed by atoms with Gasteiger partial charge in [-0.05, 0) is 53.7 Å². The van der Waals surface area contributed by atoms with Crippen LogP contribution >= 0.6 is 12.2 Å². The van der Waals surface area contributed by atoms with Gasteiger partial charge in [0.15, 0.2) is 5.11 Å². The largest absolute Gasteiger partial charge is 0.497 e. The number of ether oxygens (including phenoxy) is 1. The minimum atomic E-state index is -0.695. The minimum absolute atomic E-state index is 0.0173. The number of methoxy groups -OCH3 is 1. The van der Waals surface area contributed by atoms with E-state index in [1.54, 1.807) is 48.7 Å². The summed E-state index contributed by atoms with van der Waals surface area (Å²) in [6.45, 7) is 0.753. The van der Waals surface area contributed by atoms with E-state index >= 15 is 0 Å². The Labute approximate surface area is 198 Å². The number of thiocarbonyl (C=S) groups is 1. The second kappa shape index (κ2) is 10.2. The van der Waals surface area contributed by atoms with Crippen LogP contribution in [0.1, 0.15) is 17.5 Å². The second-order valence-corrected chi connectivity index (χ2v) is 8.04. The Bertz CT molecular complexity index is 1120. The van der Waals surface area contributed by atoms with E-state index in [9.17, 15) is 9.59 Å². The van der Waals surface area contributed by atoms with Gasteiger partial charge in [0.25, 0.3) is 5.91 Å². The molecule has 0 bridgehead atoms. The third-order valence-electron chi connectivity index (χ3n) is 5.42. The topological polar surface area (TPSA) is 74.8 Å². The first kappa shape index (κ1) is 22.4. The first-order valence-electron chi connectivity index (χ1n) is 10.5. The van der Waals surface area contributed by atoms with Gasteiger partial charge < -0.3 is 15.0 Å². The van der Waals surface area contributed by atoms with Crippen LogP contribution in [-0.4, -0.2) is 44.9 Å². The van der Waals surface area contributed by atoms with E-state index in [-0.39, 0.29) is 18.2 Å². The van der Waals surface area contributed by atoms with E-state index in [1.165, 1.54) is 0 Å². The number of rotatable bonds is 8. The third-order valence-corrected chi connectivity index (χ3v) is 5.87. The molecule has 1 aliphatic heterocycles. The normalized spacial score (nSPS) is 15.6. The smallest absolute Gasteiger partial charge is 0.252 e. The Morgan fingerprint density at radius 3 is 2.42 bits per heavy atom. The van der Waals surface area contributed by atoms with E-state index in [4.69, 9.17) is 17.0 Å². The Morgan fingerprint density at radius 2 is 1.76 bits per heavy atom. The van der Waals surface area contributed by atoms with Crippen LogP contribution < -0.4 is 10.1 Å². The molecule has 8 heteroatoms. The molecule has 1 aliphatic rings. The van der Waals surface area contributed by atoms with Crippen molar-refractivity contribution >= 4 is 34.8 Å². The molecular weight excluding hydrogens is 436 g/mol. The Kier molecular flexibility index (Phi) is 6.95. The number of carbonyl (C=O) groups excluding carboxylic acids is 2. The lowest BCUT2D eigenvalue weighted by molar-refractivity contribution is -0.131. The Hall–Kier alpha value is -3.78. The summed E-state index contributed by atoms with van der Waals surface area (Å²) >= 11 is 5.69. The number of aromatic nitrogens is 1. The molecule has 1 fully saturated rings. The van der Waals surface area contributed by atoms with Crippen molar-refractivity contribution in [2.24, 2.45) is 0 Å². The molecule has 3 aromatic rings. The zero-order valence-electron chi connectivity index (χ0n) is 18.2. The fourth-order valence-corrected chi connectivity index (χ4v) is 4.08. The highest BCUT2D eigenvalue weighted by Crippen LogP contribution is 2.26. The summed E-state index contributed by atoms with van der Waals surface area (Å²) in [7, 11) is 1.58. The van der Waals surface area contributed by atoms with Gasteiger partial charge in [-0.2, -0.15) is 0 Å². The second-order valence-electron chi connectivity index (χ2n) is 7.68. The van der Waals surface area contributed by atoms with Crippen molar-refractivity contribution in [3.63, 3.8) is 0 Å². The molecule has 2 aromatic carbocycles. The zero-order valence-corrected chi connectivity index (χ0v) is 19.0. The van der Waals surface area contributed by atoms with Gasteiger partial charge in [-0.1, -0.05) is 36.4 Å². The van der Waals surface area contributed by atoms with Gasteiger partial charge >= 0.3 is 0 Å². The molecule has 7 nitrogen and oxygen atoms in total. The quantitative estimate of drug-likeness (QED) is 0.518. The fourth-order valence-electron chi connectivity index (χ4n) is 3.73. The molecule has 168 valence electrons. The standard InChI is InChI=1S/C25H24N4O3S/c1-32-21-11-9-20(10-12-21)27-23(30)14-22-24(31)29(16-18-6-3-2-4-7-18)25(33)28(22)17-19-8-5-13-26-15-19/h2-13,15,22H,14,16-17H2,1H3,(H,27,30)/t22-/m1/s1. The summed E-state index contributed by atoms with van der Waals surface area (Å²) in [5, 5.41) is 3.27. The molecule has 0 saturated carbocycles. The summed E-state index contributed by atoms with van der Waals surface area (Å²) < 4.78 is 5.15. The van der Waals surface area contributed by atoms with Crippen molar-refractivity contribution in [1.29, 1.82) is 0 Å². The van der Waals surface area contributed by atoms with Crippen molar-refractivity contribution in [2.75, 3.05) is 12.4 Å². The van der Waals surface area contributed by atoms with Gasteiger partial charge in [-0.3, -0.25) is 19.5 Å². The lowest BCUT2D eigenvalue weighted by Gasteiger charge is -2.24. The molecule has 0 spiro atoms. The summed E-state index contributed by atoms with van der Waals surface area (Å²) in [4.78, 5) is 33.8. The van der Waals surface area contributed by atoms with E-state index in [0.717, 1.165) is 11.1 Å². The average Bonchev–Trinajstić information content (AvgIpc) is 3.05. The van der Waals surface area contributed by atoms with Gasteiger partial charge in [0, 0.05) is 24.6 Å². The number of nitrogens with zero attached hydrogens (tertiary/aromatic N) is 3. The number of anilines is 1. The predicted molar refractivity (Wildman–Crippen MR) is 129 cm³/mol. The van der Waals surface area contributed by atoms with Crippen LogP contribution in [0.5, 0.6) is 5.75 Å². The summed E-state index contributed by atoms with van der Waals surface area (Å²) in [6.07, 6.45) is 3.41. The van der Waals surface area contributed by atoms with Gasteiger partial charge in [-0.25, -0.2) is 0 Å². The molecule has 4 rings (SSSR count). The molecule has 1 aromatic heterocycles. The van der Waals surface area contributed by atoms with Crippen LogP contribution in [0.3, 0.4) is 0 Å². The van der Waals surface area contributed by atoms with Crippen molar-refractivity contribution in [3.8, 4) is 5.75 Å². The maximum atomic E-state index is 13.4. The van der Waals surface area contributed by atoms with Crippen molar-refractivity contribution in [1.82, 2.24) is 14.8 Å². The Balaban J connectivity index is 1.53. The van der Waals surface area contributed by atoms with E-state index in [2.05, 4.69) is 10.3 Å². The molecule has 2 amide bonds. The fraction of sp³-hybridized carbons (Fsp3) is 0.200. The molecule has 1 N–H and O–H groups in total. The van der Waals surface area contributed by atoms with Crippen molar-refractivity contribution in [2.45, 2.75) is 25.6 Å². The number of benzene rings is 2. The van der Waals surface area contributed by atoms with Gasteiger partial charge in [-0.15, -0.1) is 0 Å². The first-order chi connectivity index (χ1) is 16.0. The summed E-state index contributed by atoms with van der Waals surface area (Å²) in [5.74, 6) is 0.250. The predicted octanol–water partition coefficient (Wildman–Crippen LogP) is 3.62. The minimum Gasteiger partial charge on any atom is -0.497 e. The van der Waals surface area contributed by atoms with Crippen LogP contribution in [0, 0.1) is 0 Å². The van der Waals surface area contributed by atoms with E-state index in [1.807, 2.05) is 47.4 Å². The highest BCUT2D eigenvalue weighted by atomic mass is 32.1. The molecule has 0 aliphatic carbocycles. The number of amides is 2. The average molecular weight is 461 g/mol. The molecule has 2 heterocycles. The van der Waals surface area contributed by atoms with Crippen molar-refractivity contribution < 1.29 is 14.3 Å². The summed E-state index contributed by atoms with van der Waals surface area (Å²) in [6, 6.07) is 19.8. The van der Waals surface area contributed by atoms with Crippen LogP contribution in [0.15, 0.2) is 79.1 Å². The highest BCUT2D eigenvalue weighted by Gasteiger charge is 2.43. The third kappa shape index (κ3) is 5.35. The van der Waals surface area contributed by atoms with E-state index in [0.29, 0.717) is 29.6 Å². The molecule has 33 heavy (non-hydrogen) atoms. The maximum Gasteiger partial charge on any atom is 0.252 e. The molecule has 0 radical (unpaired) electrons. The number of hydrogen-bond donors (Lipinski definition) is 1. The zero-order chi connectivity index (χ0) is 23.2. The molecule has 0 unspecified atom stereocenters.